The van der Waals surface area contributed by atoms with Gasteiger partial charge in [-0.3, -0.25) is 4.79 Å². The molecule has 0 spiro atoms. The fourth-order valence-corrected chi connectivity index (χ4v) is 2.84. The Morgan fingerprint density at radius 3 is 2.67 bits per heavy atom. The van der Waals surface area contributed by atoms with E-state index in [4.69, 9.17) is 9.47 Å². The number of hydrogen-bond donors (Lipinski definition) is 1. The predicted octanol–water partition coefficient (Wildman–Crippen LogP) is 2.93. The van der Waals surface area contributed by atoms with Gasteiger partial charge in [0.25, 0.3) is 0 Å². The molecule has 1 aliphatic carbocycles. The minimum Gasteiger partial charge on any atom is -0.507 e. The van der Waals surface area contributed by atoms with E-state index in [1.54, 1.807) is 6.07 Å². The van der Waals surface area contributed by atoms with Crippen LogP contribution in [-0.2, 0) is 17.6 Å². The lowest BCUT2D eigenvalue weighted by molar-refractivity contribution is 0.0471. The Labute approximate surface area is 139 Å². The second-order valence-electron chi connectivity index (χ2n) is 5.72. The first-order valence-electron chi connectivity index (χ1n) is 7.77. The highest BCUT2D eigenvalue weighted by atomic mass is 16.5. The number of phenols is 1. The zero-order valence-corrected chi connectivity index (χ0v) is 13.4. The van der Waals surface area contributed by atoms with Gasteiger partial charge in [-0.25, -0.2) is 4.79 Å². The van der Waals surface area contributed by atoms with Gasteiger partial charge < -0.3 is 14.6 Å². The highest BCUT2D eigenvalue weighted by Crippen LogP contribution is 2.24. The number of carbonyl (C=O) groups excluding carboxylic acids is 2. The van der Waals surface area contributed by atoms with Crippen LogP contribution >= 0.6 is 0 Å². The molecule has 2 aromatic carbocycles. The number of aryl methyl sites for hydroxylation is 2. The molecule has 1 aliphatic rings. The van der Waals surface area contributed by atoms with Crippen molar-refractivity contribution in [3.63, 3.8) is 0 Å². The van der Waals surface area contributed by atoms with Crippen molar-refractivity contribution in [1.82, 2.24) is 0 Å². The second kappa shape index (κ2) is 6.74. The van der Waals surface area contributed by atoms with E-state index in [0.717, 1.165) is 19.3 Å². The van der Waals surface area contributed by atoms with Gasteiger partial charge in [0.2, 0.25) is 0 Å². The Balaban J connectivity index is 1.67. The summed E-state index contributed by atoms with van der Waals surface area (Å²) in [6.45, 7) is -0.367. The summed E-state index contributed by atoms with van der Waals surface area (Å²) in [6, 6.07) is 9.85. The van der Waals surface area contributed by atoms with E-state index in [-0.39, 0.29) is 23.7 Å². The van der Waals surface area contributed by atoms with Crippen LogP contribution in [0.1, 0.15) is 38.3 Å². The van der Waals surface area contributed by atoms with E-state index >= 15 is 0 Å². The van der Waals surface area contributed by atoms with Crippen LogP contribution in [0.2, 0.25) is 0 Å². The molecule has 24 heavy (non-hydrogen) atoms. The third-order valence-corrected chi connectivity index (χ3v) is 4.18. The molecule has 0 radical (unpaired) electrons. The molecule has 1 N–H and O–H groups in total. The maximum Gasteiger partial charge on any atom is 0.342 e. The molecule has 0 atom stereocenters. The monoisotopic (exact) mass is 326 g/mol. The molecule has 124 valence electrons. The Hall–Kier alpha value is -2.82. The maximum atomic E-state index is 12.2. The van der Waals surface area contributed by atoms with E-state index in [0.29, 0.717) is 11.3 Å². The van der Waals surface area contributed by atoms with Crippen molar-refractivity contribution >= 4 is 11.8 Å². The lowest BCUT2D eigenvalue weighted by Gasteiger charge is -2.08. The Kier molecular flexibility index (Phi) is 4.51. The molecular weight excluding hydrogens is 308 g/mol. The molecule has 5 heteroatoms. The molecule has 0 fully saturated rings. The van der Waals surface area contributed by atoms with Crippen LogP contribution in [0.25, 0.3) is 0 Å². The molecule has 2 aromatic rings. The maximum absolute atomic E-state index is 12.2. The van der Waals surface area contributed by atoms with Gasteiger partial charge in [-0.2, -0.15) is 0 Å². The van der Waals surface area contributed by atoms with Crippen molar-refractivity contribution in [1.29, 1.82) is 0 Å². The molecule has 0 unspecified atom stereocenters. The predicted molar refractivity (Wildman–Crippen MR) is 87.7 cm³/mol. The standard InChI is InChI=1S/C19H18O5/c1-23-15-7-8-17(20)16(10-15)19(22)24-11-18(21)14-6-5-12-3-2-4-13(12)9-14/h5-10,20H,2-4,11H2,1H3. The van der Waals surface area contributed by atoms with Crippen molar-refractivity contribution in [2.45, 2.75) is 19.3 Å². The van der Waals surface area contributed by atoms with E-state index in [9.17, 15) is 14.7 Å². The normalized spacial score (nSPS) is 12.5. The summed E-state index contributed by atoms with van der Waals surface area (Å²) in [5, 5.41) is 9.75. The molecular formula is C19H18O5. The Morgan fingerprint density at radius 2 is 1.88 bits per heavy atom. The number of methoxy groups -OCH3 is 1. The van der Waals surface area contributed by atoms with E-state index in [1.807, 2.05) is 12.1 Å². The zero-order valence-electron chi connectivity index (χ0n) is 13.4. The number of carbonyl (C=O) groups is 2. The largest absolute Gasteiger partial charge is 0.507 e. The third kappa shape index (κ3) is 3.25. The van der Waals surface area contributed by atoms with Gasteiger partial charge in [0, 0.05) is 5.56 Å². The fraction of sp³-hybridized carbons (Fsp3) is 0.263. The van der Waals surface area contributed by atoms with E-state index in [2.05, 4.69) is 0 Å². The number of ketones is 1. The molecule has 0 amide bonds. The van der Waals surface area contributed by atoms with Crippen LogP contribution in [-0.4, -0.2) is 30.6 Å². The second-order valence-corrected chi connectivity index (χ2v) is 5.72. The topological polar surface area (TPSA) is 72.8 Å². The van der Waals surface area contributed by atoms with Crippen LogP contribution in [0.4, 0.5) is 0 Å². The Morgan fingerprint density at radius 1 is 1.08 bits per heavy atom. The highest BCUT2D eigenvalue weighted by Gasteiger charge is 2.18. The molecule has 5 nitrogen and oxygen atoms in total. The van der Waals surface area contributed by atoms with Crippen LogP contribution in [0, 0.1) is 0 Å². The SMILES string of the molecule is COc1ccc(O)c(C(=O)OCC(=O)c2ccc3c(c2)CCC3)c1. The number of hydrogen-bond acceptors (Lipinski definition) is 5. The number of phenolic OH excluding ortho intramolecular Hbond substituents is 1. The lowest BCUT2D eigenvalue weighted by Crippen LogP contribution is -2.14. The minimum atomic E-state index is -0.763. The summed E-state index contributed by atoms with van der Waals surface area (Å²) < 4.78 is 10.1. The number of aromatic hydroxyl groups is 1. The van der Waals surface area contributed by atoms with Gasteiger partial charge in [0.1, 0.15) is 17.1 Å². The number of Topliss-reactive ketones (excluding diaryl/α,β-unsaturated/α-hetero) is 1. The van der Waals surface area contributed by atoms with Gasteiger partial charge in [-0.05, 0) is 54.7 Å². The highest BCUT2D eigenvalue weighted by molar-refractivity contribution is 6.00. The molecule has 0 aliphatic heterocycles. The number of fused-ring (bicyclic) bond motifs is 1. The van der Waals surface area contributed by atoms with Crippen LogP contribution in [0.15, 0.2) is 36.4 Å². The molecule has 0 saturated heterocycles. The average molecular weight is 326 g/mol. The summed E-state index contributed by atoms with van der Waals surface area (Å²) >= 11 is 0. The zero-order chi connectivity index (χ0) is 17.1. The number of benzene rings is 2. The van der Waals surface area contributed by atoms with Gasteiger partial charge in [0.15, 0.2) is 12.4 Å². The summed E-state index contributed by atoms with van der Waals surface area (Å²) in [7, 11) is 1.46. The fourth-order valence-electron chi connectivity index (χ4n) is 2.84. The van der Waals surface area contributed by atoms with Crippen LogP contribution in [0.3, 0.4) is 0 Å². The molecule has 0 heterocycles. The van der Waals surface area contributed by atoms with E-state index < -0.39 is 5.97 Å². The van der Waals surface area contributed by atoms with Crippen LogP contribution in [0.5, 0.6) is 11.5 Å². The van der Waals surface area contributed by atoms with E-state index in [1.165, 1.54) is 36.4 Å². The van der Waals surface area contributed by atoms with Crippen molar-refractivity contribution in [3.05, 3.63) is 58.7 Å². The average Bonchev–Trinajstić information content (AvgIpc) is 3.07. The van der Waals surface area contributed by atoms with Gasteiger partial charge >= 0.3 is 5.97 Å². The smallest absolute Gasteiger partial charge is 0.342 e. The van der Waals surface area contributed by atoms with Crippen molar-refractivity contribution in [2.75, 3.05) is 13.7 Å². The Bertz CT molecular complexity index is 794. The van der Waals surface area contributed by atoms with Gasteiger partial charge in [0.05, 0.1) is 7.11 Å². The first-order valence-corrected chi connectivity index (χ1v) is 7.77. The first-order chi connectivity index (χ1) is 11.6. The van der Waals surface area contributed by atoms with Crippen molar-refractivity contribution in [3.8, 4) is 11.5 Å². The quantitative estimate of drug-likeness (QED) is 0.675. The molecule has 0 saturated carbocycles. The van der Waals surface area contributed by atoms with Crippen LogP contribution < -0.4 is 4.74 Å². The summed E-state index contributed by atoms with van der Waals surface area (Å²) in [5.41, 5.74) is 2.98. The minimum absolute atomic E-state index is 0.0314. The number of rotatable bonds is 5. The molecule has 0 aromatic heterocycles. The third-order valence-electron chi connectivity index (χ3n) is 4.18. The molecule has 3 rings (SSSR count). The first kappa shape index (κ1) is 16.1. The molecule has 0 bridgehead atoms. The van der Waals surface area contributed by atoms with Gasteiger partial charge in [-0.1, -0.05) is 12.1 Å². The van der Waals surface area contributed by atoms with Gasteiger partial charge in [-0.15, -0.1) is 0 Å². The van der Waals surface area contributed by atoms with Crippen molar-refractivity contribution < 1.29 is 24.2 Å². The number of esters is 1. The van der Waals surface area contributed by atoms with Crippen molar-refractivity contribution in [2.24, 2.45) is 0 Å². The summed E-state index contributed by atoms with van der Waals surface area (Å²) in [6.07, 6.45) is 3.14. The number of ether oxygens (including phenoxy) is 2. The summed E-state index contributed by atoms with van der Waals surface area (Å²) in [4.78, 5) is 24.3. The lowest BCUT2D eigenvalue weighted by atomic mass is 10.0. The summed E-state index contributed by atoms with van der Waals surface area (Å²) in [5.74, 6) is -0.822.